The minimum atomic E-state index is -0.112. The number of carbonyl (C=O) groups is 1. The number of aryl methyl sites for hydroxylation is 1. The number of rotatable bonds is 3. The molecule has 1 amide bonds. The van der Waals surface area contributed by atoms with Gasteiger partial charge in [-0.25, -0.2) is 0 Å². The third-order valence-corrected chi connectivity index (χ3v) is 3.54. The van der Waals surface area contributed by atoms with E-state index in [1.807, 2.05) is 30.3 Å². The standard InChI is InChI=1S/C17H18N2O2/c1-11-4-3-5-14(8-11)18-12(2)13-6-7-16-15(9-13)19-17(20)10-21-16/h3-9,12,18H,10H2,1-2H3,(H,19,20). The second kappa shape index (κ2) is 5.48. The zero-order valence-corrected chi connectivity index (χ0v) is 12.1. The van der Waals surface area contributed by atoms with Crippen molar-refractivity contribution in [2.75, 3.05) is 17.2 Å². The first-order valence-electron chi connectivity index (χ1n) is 7.01. The molecule has 0 saturated carbocycles. The van der Waals surface area contributed by atoms with Crippen LogP contribution in [0.5, 0.6) is 5.75 Å². The Morgan fingerprint density at radius 1 is 1.24 bits per heavy atom. The van der Waals surface area contributed by atoms with Crippen LogP contribution in [0, 0.1) is 6.92 Å². The molecule has 21 heavy (non-hydrogen) atoms. The van der Waals surface area contributed by atoms with Crippen molar-refractivity contribution in [3.05, 3.63) is 53.6 Å². The quantitative estimate of drug-likeness (QED) is 0.906. The highest BCUT2D eigenvalue weighted by atomic mass is 16.5. The molecule has 0 bridgehead atoms. The summed E-state index contributed by atoms with van der Waals surface area (Å²) in [7, 11) is 0. The maximum Gasteiger partial charge on any atom is 0.262 e. The average molecular weight is 282 g/mol. The number of carbonyl (C=O) groups excluding carboxylic acids is 1. The Hall–Kier alpha value is -2.49. The Kier molecular flexibility index (Phi) is 3.52. The molecule has 0 fully saturated rings. The molecule has 2 aromatic rings. The third kappa shape index (κ3) is 2.99. The topological polar surface area (TPSA) is 50.4 Å². The highest BCUT2D eigenvalue weighted by Crippen LogP contribution is 2.31. The molecule has 4 heteroatoms. The first kappa shape index (κ1) is 13.5. The summed E-state index contributed by atoms with van der Waals surface area (Å²) in [6.45, 7) is 4.25. The zero-order chi connectivity index (χ0) is 14.8. The fraction of sp³-hybridized carbons (Fsp3) is 0.235. The average Bonchev–Trinajstić information content (AvgIpc) is 2.46. The van der Waals surface area contributed by atoms with Gasteiger partial charge in [-0.3, -0.25) is 4.79 Å². The molecule has 1 atom stereocenters. The van der Waals surface area contributed by atoms with Gasteiger partial charge in [0.05, 0.1) is 5.69 Å². The first-order chi connectivity index (χ1) is 10.1. The Balaban J connectivity index is 1.80. The number of ether oxygens (including phenoxy) is 1. The van der Waals surface area contributed by atoms with Crippen LogP contribution in [0.2, 0.25) is 0 Å². The molecule has 0 saturated heterocycles. The predicted molar refractivity (Wildman–Crippen MR) is 83.8 cm³/mol. The number of benzene rings is 2. The summed E-state index contributed by atoms with van der Waals surface area (Å²) in [4.78, 5) is 11.4. The van der Waals surface area contributed by atoms with Crippen LogP contribution >= 0.6 is 0 Å². The summed E-state index contributed by atoms with van der Waals surface area (Å²) >= 11 is 0. The molecule has 0 aromatic heterocycles. The van der Waals surface area contributed by atoms with Crippen LogP contribution in [0.3, 0.4) is 0 Å². The van der Waals surface area contributed by atoms with Crippen molar-refractivity contribution < 1.29 is 9.53 Å². The van der Waals surface area contributed by atoms with Crippen molar-refractivity contribution >= 4 is 17.3 Å². The molecule has 0 radical (unpaired) electrons. The normalized spacial score (nSPS) is 14.7. The molecule has 2 aromatic carbocycles. The molecule has 0 spiro atoms. The summed E-state index contributed by atoms with van der Waals surface area (Å²) in [5.41, 5.74) is 4.14. The van der Waals surface area contributed by atoms with E-state index in [9.17, 15) is 4.79 Å². The van der Waals surface area contributed by atoms with Gasteiger partial charge in [0.15, 0.2) is 6.61 Å². The number of fused-ring (bicyclic) bond motifs is 1. The van der Waals surface area contributed by atoms with E-state index in [1.165, 1.54) is 5.56 Å². The summed E-state index contributed by atoms with van der Waals surface area (Å²) in [6.07, 6.45) is 0. The minimum Gasteiger partial charge on any atom is -0.482 e. The van der Waals surface area contributed by atoms with Crippen molar-refractivity contribution in [2.24, 2.45) is 0 Å². The van der Waals surface area contributed by atoms with E-state index in [2.05, 4.69) is 36.6 Å². The molecule has 1 aliphatic rings. The zero-order valence-electron chi connectivity index (χ0n) is 12.1. The number of hydrogen-bond donors (Lipinski definition) is 2. The van der Waals surface area contributed by atoms with Crippen LogP contribution in [0.4, 0.5) is 11.4 Å². The maximum absolute atomic E-state index is 11.4. The van der Waals surface area contributed by atoms with E-state index >= 15 is 0 Å². The van der Waals surface area contributed by atoms with E-state index in [4.69, 9.17) is 4.74 Å². The van der Waals surface area contributed by atoms with Crippen LogP contribution in [-0.4, -0.2) is 12.5 Å². The van der Waals surface area contributed by atoms with E-state index in [1.54, 1.807) is 0 Å². The van der Waals surface area contributed by atoms with Gasteiger partial charge in [-0.1, -0.05) is 18.2 Å². The SMILES string of the molecule is Cc1cccc(NC(C)c2ccc3c(c2)NC(=O)CO3)c1. The van der Waals surface area contributed by atoms with Crippen LogP contribution < -0.4 is 15.4 Å². The molecule has 1 heterocycles. The summed E-state index contributed by atoms with van der Waals surface area (Å²) in [6, 6.07) is 14.3. The molecule has 1 unspecified atom stereocenters. The van der Waals surface area contributed by atoms with Gasteiger partial charge in [0.1, 0.15) is 5.75 Å². The van der Waals surface area contributed by atoms with Crippen molar-refractivity contribution in [1.29, 1.82) is 0 Å². The Bertz CT molecular complexity index is 682. The van der Waals surface area contributed by atoms with E-state index in [0.29, 0.717) is 0 Å². The van der Waals surface area contributed by atoms with Crippen LogP contribution in [0.15, 0.2) is 42.5 Å². The lowest BCUT2D eigenvalue weighted by Crippen LogP contribution is -2.25. The van der Waals surface area contributed by atoms with Gasteiger partial charge in [-0.2, -0.15) is 0 Å². The van der Waals surface area contributed by atoms with Gasteiger partial charge in [-0.05, 0) is 49.2 Å². The molecular weight excluding hydrogens is 264 g/mol. The molecule has 4 nitrogen and oxygen atoms in total. The van der Waals surface area contributed by atoms with Crippen molar-refractivity contribution in [1.82, 2.24) is 0 Å². The fourth-order valence-corrected chi connectivity index (χ4v) is 2.44. The third-order valence-electron chi connectivity index (χ3n) is 3.54. The van der Waals surface area contributed by atoms with Gasteiger partial charge >= 0.3 is 0 Å². The van der Waals surface area contributed by atoms with Crippen molar-refractivity contribution in [3.8, 4) is 5.75 Å². The van der Waals surface area contributed by atoms with Gasteiger partial charge in [-0.15, -0.1) is 0 Å². The summed E-state index contributed by atoms with van der Waals surface area (Å²) in [5.74, 6) is 0.611. The Morgan fingerprint density at radius 3 is 2.90 bits per heavy atom. The van der Waals surface area contributed by atoms with Gasteiger partial charge < -0.3 is 15.4 Å². The molecule has 0 aliphatic carbocycles. The molecule has 1 aliphatic heterocycles. The summed E-state index contributed by atoms with van der Waals surface area (Å²) < 4.78 is 5.37. The highest BCUT2D eigenvalue weighted by Gasteiger charge is 2.17. The maximum atomic E-state index is 11.4. The minimum absolute atomic E-state index is 0.0867. The van der Waals surface area contributed by atoms with Gasteiger partial charge in [0.2, 0.25) is 0 Å². The Morgan fingerprint density at radius 2 is 2.10 bits per heavy atom. The van der Waals surface area contributed by atoms with E-state index in [-0.39, 0.29) is 18.6 Å². The van der Waals surface area contributed by atoms with Gasteiger partial charge in [0, 0.05) is 11.7 Å². The summed E-state index contributed by atoms with van der Waals surface area (Å²) in [5, 5.41) is 6.30. The second-order valence-corrected chi connectivity index (χ2v) is 5.33. The molecular formula is C17H18N2O2. The lowest BCUT2D eigenvalue weighted by Gasteiger charge is -2.21. The largest absolute Gasteiger partial charge is 0.482 e. The number of anilines is 2. The Labute approximate surface area is 124 Å². The number of hydrogen-bond acceptors (Lipinski definition) is 3. The lowest BCUT2D eigenvalue weighted by atomic mass is 10.1. The van der Waals surface area contributed by atoms with Crippen LogP contribution in [0.1, 0.15) is 24.1 Å². The van der Waals surface area contributed by atoms with E-state index < -0.39 is 0 Å². The fourth-order valence-electron chi connectivity index (χ4n) is 2.44. The highest BCUT2D eigenvalue weighted by molar-refractivity contribution is 5.95. The number of amides is 1. The molecule has 2 N–H and O–H groups in total. The predicted octanol–water partition coefficient (Wildman–Crippen LogP) is 3.50. The second-order valence-electron chi connectivity index (χ2n) is 5.33. The smallest absolute Gasteiger partial charge is 0.262 e. The first-order valence-corrected chi connectivity index (χ1v) is 7.01. The van der Waals surface area contributed by atoms with Crippen molar-refractivity contribution in [3.63, 3.8) is 0 Å². The molecule has 108 valence electrons. The van der Waals surface area contributed by atoms with Gasteiger partial charge in [0.25, 0.3) is 5.91 Å². The van der Waals surface area contributed by atoms with Crippen LogP contribution in [0.25, 0.3) is 0 Å². The monoisotopic (exact) mass is 282 g/mol. The van der Waals surface area contributed by atoms with Crippen molar-refractivity contribution in [2.45, 2.75) is 19.9 Å². The number of nitrogens with one attached hydrogen (secondary N) is 2. The van der Waals surface area contributed by atoms with Crippen LogP contribution in [-0.2, 0) is 4.79 Å². The lowest BCUT2D eigenvalue weighted by molar-refractivity contribution is -0.118. The van der Waals surface area contributed by atoms with E-state index in [0.717, 1.165) is 22.7 Å². The molecule has 3 rings (SSSR count).